The lowest BCUT2D eigenvalue weighted by Gasteiger charge is -2.28. The van der Waals surface area contributed by atoms with Gasteiger partial charge < -0.3 is 14.4 Å². The molecule has 1 amide bonds. The first-order valence-electron chi connectivity index (χ1n) is 8.64. The summed E-state index contributed by atoms with van der Waals surface area (Å²) in [6, 6.07) is 5.12. The highest BCUT2D eigenvalue weighted by Gasteiger charge is 2.37. The maximum atomic E-state index is 12.7. The van der Waals surface area contributed by atoms with Crippen LogP contribution >= 0.6 is 0 Å². The van der Waals surface area contributed by atoms with Crippen LogP contribution in [0.25, 0.3) is 0 Å². The Morgan fingerprint density at radius 3 is 2.31 bits per heavy atom. The molecule has 0 aromatic heterocycles. The topological polar surface area (TPSA) is 38.8 Å². The quantitative estimate of drug-likeness (QED) is 0.779. The first-order chi connectivity index (χ1) is 12.0. The van der Waals surface area contributed by atoms with E-state index in [2.05, 4.69) is 0 Å². The Kier molecular flexibility index (Phi) is 6.21. The summed E-state index contributed by atoms with van der Waals surface area (Å²) in [7, 11) is 1.58. The minimum atomic E-state index is -4.33. The van der Waals surface area contributed by atoms with Crippen molar-refractivity contribution >= 4 is 6.09 Å². The molecular weight excluding hydrogens is 347 g/mol. The number of likely N-dealkylation sites (tertiary alicyclic amines) is 1. The van der Waals surface area contributed by atoms with Crippen LogP contribution in [-0.4, -0.2) is 42.9 Å². The van der Waals surface area contributed by atoms with Crippen molar-refractivity contribution in [3.05, 3.63) is 35.4 Å². The molecule has 0 N–H and O–H groups in total. The van der Waals surface area contributed by atoms with E-state index in [1.54, 1.807) is 12.0 Å². The van der Waals surface area contributed by atoms with Crippen LogP contribution in [0.2, 0.25) is 0 Å². The minimum Gasteiger partial charge on any atom is -0.444 e. The number of hydrogen-bond acceptors (Lipinski definition) is 3. The van der Waals surface area contributed by atoms with Crippen molar-refractivity contribution in [2.45, 2.75) is 51.4 Å². The van der Waals surface area contributed by atoms with Gasteiger partial charge in [0.1, 0.15) is 5.60 Å². The van der Waals surface area contributed by atoms with Gasteiger partial charge in [-0.2, -0.15) is 13.2 Å². The molecule has 1 aromatic carbocycles. The van der Waals surface area contributed by atoms with Gasteiger partial charge >= 0.3 is 12.3 Å². The third-order valence-electron chi connectivity index (χ3n) is 4.29. The SMILES string of the molecule is COC[C@@H]1C[C@H](Cc2ccc(C(F)(F)F)cc2)CN1C(=O)OC(C)(C)C. The van der Waals surface area contributed by atoms with Crippen molar-refractivity contribution in [2.24, 2.45) is 5.92 Å². The van der Waals surface area contributed by atoms with E-state index in [1.165, 1.54) is 12.1 Å². The normalized spacial score (nSPS) is 21.1. The first kappa shape index (κ1) is 20.6. The van der Waals surface area contributed by atoms with E-state index in [9.17, 15) is 18.0 Å². The Morgan fingerprint density at radius 2 is 1.81 bits per heavy atom. The van der Waals surface area contributed by atoms with E-state index >= 15 is 0 Å². The number of carbonyl (C=O) groups excluding carboxylic acids is 1. The van der Waals surface area contributed by atoms with Gasteiger partial charge in [-0.3, -0.25) is 0 Å². The number of amides is 1. The predicted octanol–water partition coefficient (Wildman–Crippen LogP) is 4.52. The molecule has 1 aliphatic rings. The van der Waals surface area contributed by atoms with Crippen LogP contribution in [0.5, 0.6) is 0 Å². The molecule has 0 spiro atoms. The smallest absolute Gasteiger partial charge is 0.416 e. The monoisotopic (exact) mass is 373 g/mol. The van der Waals surface area contributed by atoms with Gasteiger partial charge in [-0.25, -0.2) is 4.79 Å². The van der Waals surface area contributed by atoms with Crippen molar-refractivity contribution < 1.29 is 27.4 Å². The highest BCUT2D eigenvalue weighted by Crippen LogP contribution is 2.31. The molecule has 7 heteroatoms. The van der Waals surface area contributed by atoms with Gasteiger partial charge in [0.2, 0.25) is 0 Å². The van der Waals surface area contributed by atoms with Crippen LogP contribution in [0.15, 0.2) is 24.3 Å². The summed E-state index contributed by atoms with van der Waals surface area (Å²) < 4.78 is 48.7. The second-order valence-corrected chi connectivity index (χ2v) is 7.74. The minimum absolute atomic E-state index is 0.0886. The molecule has 1 fully saturated rings. The number of carbonyl (C=O) groups is 1. The van der Waals surface area contributed by atoms with Crippen molar-refractivity contribution in [3.63, 3.8) is 0 Å². The number of ether oxygens (including phenoxy) is 2. The molecule has 0 bridgehead atoms. The van der Waals surface area contributed by atoms with Gasteiger partial charge in [0.25, 0.3) is 0 Å². The summed E-state index contributed by atoms with van der Waals surface area (Å²) in [4.78, 5) is 14.1. The fraction of sp³-hybridized carbons (Fsp3) is 0.632. The molecule has 0 unspecified atom stereocenters. The standard InChI is InChI=1S/C19H26F3NO3/c1-18(2,3)26-17(24)23-11-14(10-16(23)12-25-4)9-13-5-7-15(8-6-13)19(20,21)22/h5-8,14,16H,9-12H2,1-4H3/t14-,16-/m0/s1. The molecule has 0 radical (unpaired) electrons. The highest BCUT2D eigenvalue weighted by atomic mass is 19.4. The lowest BCUT2D eigenvalue weighted by atomic mass is 9.96. The van der Waals surface area contributed by atoms with Crippen LogP contribution in [0.3, 0.4) is 0 Å². The molecule has 1 heterocycles. The van der Waals surface area contributed by atoms with Crippen molar-refractivity contribution in [1.29, 1.82) is 0 Å². The average molecular weight is 373 g/mol. The molecule has 26 heavy (non-hydrogen) atoms. The van der Waals surface area contributed by atoms with Crippen LogP contribution in [0.4, 0.5) is 18.0 Å². The number of nitrogens with zero attached hydrogens (tertiary/aromatic N) is 1. The Morgan fingerprint density at radius 1 is 1.19 bits per heavy atom. The van der Waals surface area contributed by atoms with Crippen LogP contribution in [0.1, 0.15) is 38.3 Å². The van der Waals surface area contributed by atoms with Gasteiger partial charge in [0, 0.05) is 13.7 Å². The van der Waals surface area contributed by atoms with Crippen LogP contribution in [-0.2, 0) is 22.1 Å². The van der Waals surface area contributed by atoms with E-state index in [0.29, 0.717) is 19.6 Å². The summed E-state index contributed by atoms with van der Waals surface area (Å²) in [5.41, 5.74) is -0.411. The van der Waals surface area contributed by atoms with Crippen molar-refractivity contribution in [3.8, 4) is 0 Å². The zero-order chi connectivity index (χ0) is 19.5. The molecule has 0 saturated carbocycles. The summed E-state index contributed by atoms with van der Waals surface area (Å²) >= 11 is 0. The number of hydrogen-bond donors (Lipinski definition) is 0. The van der Waals surface area contributed by atoms with E-state index in [-0.39, 0.29) is 18.1 Å². The zero-order valence-electron chi connectivity index (χ0n) is 15.6. The third-order valence-corrected chi connectivity index (χ3v) is 4.29. The number of benzene rings is 1. The lowest BCUT2D eigenvalue weighted by Crippen LogP contribution is -2.41. The number of rotatable bonds is 4. The van der Waals surface area contributed by atoms with Gasteiger partial charge in [-0.1, -0.05) is 12.1 Å². The molecule has 4 nitrogen and oxygen atoms in total. The van der Waals surface area contributed by atoms with E-state index in [4.69, 9.17) is 9.47 Å². The van der Waals surface area contributed by atoms with Crippen LogP contribution in [0, 0.1) is 5.92 Å². The molecule has 146 valence electrons. The summed E-state index contributed by atoms with van der Waals surface area (Å²) in [5, 5.41) is 0. The summed E-state index contributed by atoms with van der Waals surface area (Å²) in [6.07, 6.45) is -3.37. The fourth-order valence-corrected chi connectivity index (χ4v) is 3.22. The Labute approximate surface area is 152 Å². The molecule has 0 aliphatic carbocycles. The molecular formula is C19H26F3NO3. The fourth-order valence-electron chi connectivity index (χ4n) is 3.22. The summed E-state index contributed by atoms with van der Waals surface area (Å²) in [5.74, 6) is 0.152. The van der Waals surface area contributed by atoms with E-state index < -0.39 is 17.3 Å². The molecule has 1 aromatic rings. The molecule has 2 rings (SSSR count). The number of halogens is 3. The van der Waals surface area contributed by atoms with Gasteiger partial charge in [-0.05, 0) is 57.2 Å². The molecule has 1 saturated heterocycles. The van der Waals surface area contributed by atoms with Gasteiger partial charge in [-0.15, -0.1) is 0 Å². The van der Waals surface area contributed by atoms with E-state index in [0.717, 1.165) is 24.1 Å². The van der Waals surface area contributed by atoms with Crippen molar-refractivity contribution in [2.75, 3.05) is 20.3 Å². The Bertz CT molecular complexity index is 608. The maximum absolute atomic E-state index is 12.7. The highest BCUT2D eigenvalue weighted by molar-refractivity contribution is 5.69. The third kappa shape index (κ3) is 5.62. The van der Waals surface area contributed by atoms with Gasteiger partial charge in [0.05, 0.1) is 18.2 Å². The number of methoxy groups -OCH3 is 1. The summed E-state index contributed by atoms with van der Waals surface area (Å²) in [6.45, 7) is 6.34. The largest absolute Gasteiger partial charge is 0.444 e. The van der Waals surface area contributed by atoms with E-state index in [1.807, 2.05) is 20.8 Å². The zero-order valence-corrected chi connectivity index (χ0v) is 15.6. The molecule has 1 aliphatic heterocycles. The lowest BCUT2D eigenvalue weighted by molar-refractivity contribution is -0.137. The second-order valence-electron chi connectivity index (χ2n) is 7.74. The molecule has 2 atom stereocenters. The first-order valence-corrected chi connectivity index (χ1v) is 8.64. The second kappa shape index (κ2) is 7.86. The Hall–Kier alpha value is -1.76. The van der Waals surface area contributed by atoms with Gasteiger partial charge in [0.15, 0.2) is 0 Å². The van der Waals surface area contributed by atoms with Crippen molar-refractivity contribution in [1.82, 2.24) is 4.90 Å². The Balaban J connectivity index is 2.03. The predicted molar refractivity (Wildman–Crippen MR) is 91.9 cm³/mol. The average Bonchev–Trinajstić information content (AvgIpc) is 2.88. The number of alkyl halides is 3. The van der Waals surface area contributed by atoms with Crippen LogP contribution < -0.4 is 0 Å². The maximum Gasteiger partial charge on any atom is 0.416 e.